The van der Waals surface area contributed by atoms with Crippen molar-refractivity contribution in [3.63, 3.8) is 0 Å². The van der Waals surface area contributed by atoms with Crippen LogP contribution in [0.1, 0.15) is 5.56 Å². The molecular formula is C17H18ClN3O4S. The zero-order chi connectivity index (χ0) is 18.7. The predicted octanol–water partition coefficient (Wildman–Crippen LogP) is 2.75. The first-order valence-corrected chi connectivity index (χ1v) is 9.90. The van der Waals surface area contributed by atoms with Crippen molar-refractivity contribution in [2.45, 2.75) is 11.4 Å². The molecule has 1 saturated heterocycles. The number of piperazine rings is 1. The molecule has 1 aliphatic heterocycles. The maximum absolute atomic E-state index is 12.8. The first-order valence-electron chi connectivity index (χ1n) is 8.08. The van der Waals surface area contributed by atoms with Gasteiger partial charge in [0.2, 0.25) is 10.0 Å². The fourth-order valence-electron chi connectivity index (χ4n) is 2.99. The number of para-hydroxylation sites is 1. The van der Waals surface area contributed by atoms with Gasteiger partial charge in [-0.3, -0.25) is 15.0 Å². The molecule has 9 heteroatoms. The topological polar surface area (TPSA) is 83.8 Å². The highest BCUT2D eigenvalue weighted by atomic mass is 35.5. The molecule has 0 aromatic heterocycles. The van der Waals surface area contributed by atoms with Crippen LogP contribution < -0.4 is 0 Å². The third-order valence-electron chi connectivity index (χ3n) is 4.31. The van der Waals surface area contributed by atoms with Crippen molar-refractivity contribution in [1.82, 2.24) is 9.21 Å². The molecule has 0 atom stereocenters. The average molecular weight is 396 g/mol. The molecule has 1 fully saturated rings. The second kappa shape index (κ2) is 7.71. The van der Waals surface area contributed by atoms with Gasteiger partial charge in [-0.2, -0.15) is 4.31 Å². The molecule has 2 aromatic rings. The summed E-state index contributed by atoms with van der Waals surface area (Å²) in [6.45, 7) is 2.35. The lowest BCUT2D eigenvalue weighted by Crippen LogP contribution is -2.48. The van der Waals surface area contributed by atoms with E-state index in [4.69, 9.17) is 11.6 Å². The molecule has 0 unspecified atom stereocenters. The van der Waals surface area contributed by atoms with Crippen molar-refractivity contribution in [1.29, 1.82) is 0 Å². The van der Waals surface area contributed by atoms with E-state index in [-0.39, 0.29) is 18.0 Å². The summed E-state index contributed by atoms with van der Waals surface area (Å²) in [7, 11) is -3.90. The molecule has 1 heterocycles. The number of nitro benzene ring substituents is 1. The van der Waals surface area contributed by atoms with Crippen molar-refractivity contribution < 1.29 is 13.3 Å². The molecule has 7 nitrogen and oxygen atoms in total. The zero-order valence-electron chi connectivity index (χ0n) is 13.9. The predicted molar refractivity (Wildman–Crippen MR) is 98.6 cm³/mol. The lowest BCUT2D eigenvalue weighted by atomic mass is 10.2. The minimum Gasteiger partial charge on any atom is -0.296 e. The summed E-state index contributed by atoms with van der Waals surface area (Å²) in [5.41, 5.74) is 0.668. The van der Waals surface area contributed by atoms with Gasteiger partial charge in [-0.25, -0.2) is 8.42 Å². The van der Waals surface area contributed by atoms with Gasteiger partial charge in [0.1, 0.15) is 0 Å². The Bertz CT molecular complexity index is 912. The van der Waals surface area contributed by atoms with E-state index < -0.39 is 20.6 Å². The van der Waals surface area contributed by atoms with Gasteiger partial charge in [-0.15, -0.1) is 0 Å². The summed E-state index contributed by atoms with van der Waals surface area (Å²) in [4.78, 5) is 12.4. The normalized spacial score (nSPS) is 16.5. The fraction of sp³-hybridized carbons (Fsp3) is 0.294. The Morgan fingerprint density at radius 3 is 2.38 bits per heavy atom. The summed E-state index contributed by atoms with van der Waals surface area (Å²) in [5, 5.41) is 11.8. The molecular weight excluding hydrogens is 378 g/mol. The van der Waals surface area contributed by atoms with Crippen molar-refractivity contribution in [2.24, 2.45) is 0 Å². The minimum atomic E-state index is -3.90. The highest BCUT2D eigenvalue weighted by molar-refractivity contribution is 7.89. The maximum atomic E-state index is 12.8. The maximum Gasteiger partial charge on any atom is 0.289 e. The number of hydrogen-bond acceptors (Lipinski definition) is 5. The van der Waals surface area contributed by atoms with E-state index in [2.05, 4.69) is 4.90 Å². The first kappa shape index (κ1) is 18.8. The van der Waals surface area contributed by atoms with Crippen molar-refractivity contribution >= 4 is 27.3 Å². The molecule has 0 radical (unpaired) electrons. The number of hydrogen-bond donors (Lipinski definition) is 0. The summed E-state index contributed by atoms with van der Waals surface area (Å²) in [6.07, 6.45) is 0. The van der Waals surface area contributed by atoms with Gasteiger partial charge in [0.05, 0.1) is 4.92 Å². The number of nitro groups is 1. The summed E-state index contributed by atoms with van der Waals surface area (Å²) in [5.74, 6) is 0. The van der Waals surface area contributed by atoms with Crippen LogP contribution in [0.3, 0.4) is 0 Å². The van der Waals surface area contributed by atoms with Gasteiger partial charge in [0.25, 0.3) is 5.69 Å². The van der Waals surface area contributed by atoms with Gasteiger partial charge < -0.3 is 0 Å². The van der Waals surface area contributed by atoms with Gasteiger partial charge in [0, 0.05) is 43.8 Å². The summed E-state index contributed by atoms with van der Waals surface area (Å²) in [6, 6.07) is 13.0. The van der Waals surface area contributed by atoms with E-state index in [1.165, 1.54) is 28.6 Å². The first-order chi connectivity index (χ1) is 12.4. The Hall–Kier alpha value is -2.00. The van der Waals surface area contributed by atoms with E-state index in [9.17, 15) is 18.5 Å². The van der Waals surface area contributed by atoms with Crippen molar-refractivity contribution in [2.75, 3.05) is 26.2 Å². The van der Waals surface area contributed by atoms with E-state index in [1.54, 1.807) is 0 Å². The number of rotatable bonds is 5. The standard InChI is InChI=1S/C17H18ClN3O4S/c18-15-5-3-4-14(12-15)13-19-8-10-20(11-9-19)26(24,25)17-7-2-1-6-16(17)21(22)23/h1-7,12H,8-11,13H2. The Labute approximate surface area is 157 Å². The van der Waals surface area contributed by atoms with Crippen LogP contribution >= 0.6 is 11.6 Å². The Balaban J connectivity index is 1.70. The highest BCUT2D eigenvalue weighted by Crippen LogP contribution is 2.27. The monoisotopic (exact) mass is 395 g/mol. The van der Waals surface area contributed by atoms with E-state index in [0.29, 0.717) is 24.7 Å². The van der Waals surface area contributed by atoms with Crippen LogP contribution in [0.15, 0.2) is 53.4 Å². The summed E-state index contributed by atoms with van der Waals surface area (Å²) < 4.78 is 26.9. The van der Waals surface area contributed by atoms with Gasteiger partial charge in [0.15, 0.2) is 4.90 Å². The zero-order valence-corrected chi connectivity index (χ0v) is 15.5. The van der Waals surface area contributed by atoms with Crippen LogP contribution in [0.2, 0.25) is 5.02 Å². The molecule has 26 heavy (non-hydrogen) atoms. The molecule has 138 valence electrons. The molecule has 0 N–H and O–H groups in total. The third-order valence-corrected chi connectivity index (χ3v) is 6.49. The van der Waals surface area contributed by atoms with E-state index in [0.717, 1.165) is 5.56 Å². The van der Waals surface area contributed by atoms with Crippen LogP contribution in [0.4, 0.5) is 5.69 Å². The minimum absolute atomic E-state index is 0.256. The average Bonchev–Trinajstić information content (AvgIpc) is 2.62. The van der Waals surface area contributed by atoms with Gasteiger partial charge in [-0.1, -0.05) is 35.9 Å². The Morgan fingerprint density at radius 1 is 1.04 bits per heavy atom. The van der Waals surface area contributed by atoms with Crippen LogP contribution in [0, 0.1) is 10.1 Å². The van der Waals surface area contributed by atoms with E-state index >= 15 is 0 Å². The molecule has 0 amide bonds. The molecule has 0 spiro atoms. The highest BCUT2D eigenvalue weighted by Gasteiger charge is 2.33. The smallest absolute Gasteiger partial charge is 0.289 e. The van der Waals surface area contributed by atoms with Crippen LogP contribution in [-0.4, -0.2) is 48.7 Å². The molecule has 3 rings (SSSR count). The largest absolute Gasteiger partial charge is 0.296 e. The van der Waals surface area contributed by atoms with E-state index in [1.807, 2.05) is 24.3 Å². The van der Waals surface area contributed by atoms with Crippen molar-refractivity contribution in [3.05, 3.63) is 69.2 Å². The molecule has 0 saturated carbocycles. The third kappa shape index (κ3) is 4.04. The molecule has 0 bridgehead atoms. The number of halogens is 1. The number of sulfonamides is 1. The fourth-order valence-corrected chi connectivity index (χ4v) is 4.78. The summed E-state index contributed by atoms with van der Waals surface area (Å²) >= 11 is 5.99. The second-order valence-electron chi connectivity index (χ2n) is 6.03. The number of benzene rings is 2. The SMILES string of the molecule is O=[N+]([O-])c1ccccc1S(=O)(=O)N1CCN(Cc2cccc(Cl)c2)CC1. The molecule has 0 aliphatic carbocycles. The molecule has 1 aliphatic rings. The lowest BCUT2D eigenvalue weighted by molar-refractivity contribution is -0.387. The lowest BCUT2D eigenvalue weighted by Gasteiger charge is -2.33. The van der Waals surface area contributed by atoms with Gasteiger partial charge >= 0.3 is 0 Å². The van der Waals surface area contributed by atoms with Crippen LogP contribution in [0.25, 0.3) is 0 Å². The quantitative estimate of drug-likeness (QED) is 0.574. The Morgan fingerprint density at radius 2 is 1.73 bits per heavy atom. The number of nitrogens with zero attached hydrogens (tertiary/aromatic N) is 3. The van der Waals surface area contributed by atoms with Crippen LogP contribution in [-0.2, 0) is 16.6 Å². The Kier molecular flexibility index (Phi) is 5.57. The van der Waals surface area contributed by atoms with Gasteiger partial charge in [-0.05, 0) is 23.8 Å². The second-order valence-corrected chi connectivity index (χ2v) is 8.38. The van der Waals surface area contributed by atoms with Crippen molar-refractivity contribution in [3.8, 4) is 0 Å². The van der Waals surface area contributed by atoms with Crippen LogP contribution in [0.5, 0.6) is 0 Å². The molecule has 2 aromatic carbocycles.